The van der Waals surface area contributed by atoms with Crippen LogP contribution in [0.5, 0.6) is 0 Å². The zero-order chi connectivity index (χ0) is 13.4. The second-order valence-electron chi connectivity index (χ2n) is 5.73. The van der Waals surface area contributed by atoms with Crippen LogP contribution in [0.1, 0.15) is 52.9 Å². The van der Waals surface area contributed by atoms with Crippen LogP contribution in [-0.2, 0) is 0 Å². The molecule has 2 atom stereocenters. The maximum atomic E-state index is 5.91. The maximum Gasteiger partial charge on any atom is 0.188 e. The van der Waals surface area contributed by atoms with Gasteiger partial charge in [-0.3, -0.25) is 4.99 Å². The number of thioether (sulfide) groups is 1. The summed E-state index contributed by atoms with van der Waals surface area (Å²) in [5, 5.41) is 3.99. The minimum absolute atomic E-state index is 0.434. The van der Waals surface area contributed by atoms with Gasteiger partial charge in [-0.25, -0.2) is 0 Å². The summed E-state index contributed by atoms with van der Waals surface area (Å²) in [6, 6.07) is 0.434. The summed E-state index contributed by atoms with van der Waals surface area (Å²) in [5.74, 6) is 2.71. The summed E-state index contributed by atoms with van der Waals surface area (Å²) >= 11 is 2.03. The van der Waals surface area contributed by atoms with Crippen molar-refractivity contribution in [3.05, 3.63) is 0 Å². The first-order valence-electron chi connectivity index (χ1n) is 7.26. The lowest BCUT2D eigenvalue weighted by Crippen LogP contribution is -2.38. The van der Waals surface area contributed by atoms with Crippen molar-refractivity contribution in [2.75, 3.05) is 12.3 Å². The van der Waals surface area contributed by atoms with E-state index in [2.05, 4.69) is 31.1 Å². The van der Waals surface area contributed by atoms with Crippen LogP contribution in [0.15, 0.2) is 4.99 Å². The van der Waals surface area contributed by atoms with Gasteiger partial charge in [-0.15, -0.1) is 0 Å². The Labute approximate surface area is 116 Å². The van der Waals surface area contributed by atoms with Crippen molar-refractivity contribution in [1.29, 1.82) is 0 Å². The van der Waals surface area contributed by atoms with Crippen molar-refractivity contribution in [3.8, 4) is 0 Å². The van der Waals surface area contributed by atoms with E-state index in [9.17, 15) is 0 Å². The molecule has 1 aliphatic rings. The molecule has 106 valence electrons. The third-order valence-electron chi connectivity index (χ3n) is 3.30. The normalized spacial score (nSPS) is 22.4. The predicted molar refractivity (Wildman–Crippen MR) is 83.3 cm³/mol. The molecule has 1 rings (SSSR count). The topological polar surface area (TPSA) is 50.4 Å². The molecule has 0 bridgehead atoms. The first-order valence-corrected chi connectivity index (χ1v) is 8.31. The lowest BCUT2D eigenvalue weighted by atomic mass is 10.0. The Balaban J connectivity index is 2.13. The van der Waals surface area contributed by atoms with Gasteiger partial charge in [0.15, 0.2) is 5.96 Å². The second-order valence-corrected chi connectivity index (χ2v) is 7.14. The lowest BCUT2D eigenvalue weighted by molar-refractivity contribution is 0.493. The fourth-order valence-electron chi connectivity index (χ4n) is 2.19. The van der Waals surface area contributed by atoms with Gasteiger partial charge in [0.1, 0.15) is 0 Å². The number of rotatable bonds is 7. The number of hydrogen-bond acceptors (Lipinski definition) is 2. The fraction of sp³-hybridized carbons (Fsp3) is 0.929. The Hall–Kier alpha value is -0.380. The lowest BCUT2D eigenvalue weighted by Gasteiger charge is -2.15. The Bertz CT molecular complexity index is 247. The fourth-order valence-corrected chi connectivity index (χ4v) is 3.37. The van der Waals surface area contributed by atoms with Gasteiger partial charge in [-0.1, -0.05) is 26.7 Å². The van der Waals surface area contributed by atoms with Crippen molar-refractivity contribution in [3.63, 3.8) is 0 Å². The predicted octanol–water partition coefficient (Wildman–Crippen LogP) is 3.00. The molecule has 0 amide bonds. The molecule has 4 heteroatoms. The number of guanidine groups is 1. The minimum atomic E-state index is 0.434. The molecule has 3 N–H and O–H groups in total. The molecule has 0 aromatic heterocycles. The minimum Gasteiger partial charge on any atom is -0.370 e. The van der Waals surface area contributed by atoms with Crippen LogP contribution in [0.3, 0.4) is 0 Å². The molecule has 18 heavy (non-hydrogen) atoms. The van der Waals surface area contributed by atoms with E-state index in [-0.39, 0.29) is 0 Å². The van der Waals surface area contributed by atoms with Crippen LogP contribution in [-0.4, -0.2) is 29.5 Å². The smallest absolute Gasteiger partial charge is 0.188 e. The summed E-state index contributed by atoms with van der Waals surface area (Å²) in [7, 11) is 0. The van der Waals surface area contributed by atoms with Crippen molar-refractivity contribution in [2.24, 2.45) is 16.6 Å². The summed E-state index contributed by atoms with van der Waals surface area (Å²) in [5.41, 5.74) is 5.91. The van der Waals surface area contributed by atoms with Crippen LogP contribution in [0.25, 0.3) is 0 Å². The number of nitrogens with one attached hydrogen (secondary N) is 1. The Morgan fingerprint density at radius 2 is 2.17 bits per heavy atom. The molecule has 1 heterocycles. The first-order chi connectivity index (χ1) is 8.58. The highest BCUT2D eigenvalue weighted by Gasteiger charge is 2.14. The molecule has 0 saturated carbocycles. The molecule has 0 aromatic carbocycles. The molecule has 0 radical (unpaired) electrons. The molecule has 0 aliphatic carbocycles. The maximum absolute atomic E-state index is 5.91. The SMILES string of the molecule is CC(C)CCCC(C)NC(N)=NCC1CCCS1. The number of nitrogens with two attached hydrogens (primary N) is 1. The molecular weight excluding hydrogens is 242 g/mol. The van der Waals surface area contributed by atoms with E-state index in [0.717, 1.165) is 12.5 Å². The molecule has 2 unspecified atom stereocenters. The highest BCUT2D eigenvalue weighted by molar-refractivity contribution is 8.00. The van der Waals surface area contributed by atoms with Gasteiger partial charge >= 0.3 is 0 Å². The molecule has 1 aliphatic heterocycles. The number of hydrogen-bond donors (Lipinski definition) is 2. The summed E-state index contributed by atoms with van der Waals surface area (Å²) < 4.78 is 0. The Kier molecular flexibility index (Phi) is 7.56. The zero-order valence-electron chi connectivity index (χ0n) is 12.1. The average molecular weight is 271 g/mol. The van der Waals surface area contributed by atoms with E-state index in [1.807, 2.05) is 11.8 Å². The average Bonchev–Trinajstić information content (AvgIpc) is 2.78. The van der Waals surface area contributed by atoms with E-state index in [4.69, 9.17) is 5.73 Å². The van der Waals surface area contributed by atoms with Crippen molar-refractivity contribution in [2.45, 2.75) is 64.2 Å². The Morgan fingerprint density at radius 3 is 2.78 bits per heavy atom. The van der Waals surface area contributed by atoms with E-state index in [1.54, 1.807) is 0 Å². The van der Waals surface area contributed by atoms with Gasteiger partial charge in [0, 0.05) is 11.3 Å². The number of nitrogens with zero attached hydrogens (tertiary/aromatic N) is 1. The highest BCUT2D eigenvalue weighted by Crippen LogP contribution is 2.25. The van der Waals surface area contributed by atoms with Gasteiger partial charge in [0.2, 0.25) is 0 Å². The largest absolute Gasteiger partial charge is 0.370 e. The van der Waals surface area contributed by atoms with Gasteiger partial charge in [-0.2, -0.15) is 11.8 Å². The monoisotopic (exact) mass is 271 g/mol. The van der Waals surface area contributed by atoms with Crippen molar-refractivity contribution < 1.29 is 0 Å². The van der Waals surface area contributed by atoms with Gasteiger partial charge < -0.3 is 11.1 Å². The Morgan fingerprint density at radius 1 is 1.39 bits per heavy atom. The molecule has 3 nitrogen and oxygen atoms in total. The molecule has 0 aromatic rings. The standard InChI is InChI=1S/C14H29N3S/c1-11(2)6-4-7-12(3)17-14(15)16-10-13-8-5-9-18-13/h11-13H,4-10H2,1-3H3,(H3,15,16,17). The van der Waals surface area contributed by atoms with Gasteiger partial charge in [0.05, 0.1) is 6.54 Å². The van der Waals surface area contributed by atoms with E-state index in [1.165, 1.54) is 37.9 Å². The summed E-state index contributed by atoms with van der Waals surface area (Å²) in [4.78, 5) is 4.45. The van der Waals surface area contributed by atoms with E-state index >= 15 is 0 Å². The first kappa shape index (κ1) is 15.7. The molecule has 1 fully saturated rings. The van der Waals surface area contributed by atoms with Gasteiger partial charge in [-0.05, 0) is 37.9 Å². The van der Waals surface area contributed by atoms with Crippen LogP contribution < -0.4 is 11.1 Å². The number of aliphatic imine (C=N–C) groups is 1. The molecule has 1 saturated heterocycles. The van der Waals surface area contributed by atoms with Crippen LogP contribution >= 0.6 is 11.8 Å². The van der Waals surface area contributed by atoms with Gasteiger partial charge in [0.25, 0.3) is 0 Å². The molecule has 0 spiro atoms. The van der Waals surface area contributed by atoms with Crippen molar-refractivity contribution in [1.82, 2.24) is 5.32 Å². The summed E-state index contributed by atoms with van der Waals surface area (Å²) in [6.45, 7) is 7.61. The third-order valence-corrected chi connectivity index (χ3v) is 4.68. The van der Waals surface area contributed by atoms with Crippen molar-refractivity contribution >= 4 is 17.7 Å². The summed E-state index contributed by atoms with van der Waals surface area (Å²) in [6.07, 6.45) is 6.36. The second kappa shape index (κ2) is 8.68. The highest BCUT2D eigenvalue weighted by atomic mass is 32.2. The zero-order valence-corrected chi connectivity index (χ0v) is 12.9. The van der Waals surface area contributed by atoms with Crippen LogP contribution in [0, 0.1) is 5.92 Å². The quantitative estimate of drug-likeness (QED) is 0.553. The van der Waals surface area contributed by atoms with Crippen LogP contribution in [0.2, 0.25) is 0 Å². The van der Waals surface area contributed by atoms with E-state index in [0.29, 0.717) is 17.3 Å². The molecular formula is C14H29N3S. The third kappa shape index (κ3) is 7.14. The van der Waals surface area contributed by atoms with Crippen LogP contribution in [0.4, 0.5) is 0 Å². The van der Waals surface area contributed by atoms with E-state index < -0.39 is 0 Å².